The number of nitro benzene ring substituents is 1. The molecule has 0 fully saturated rings. The van der Waals surface area contributed by atoms with Crippen LogP contribution in [0.1, 0.15) is 0 Å². The van der Waals surface area contributed by atoms with Crippen LogP contribution in [0.2, 0.25) is 0 Å². The first-order valence-electron chi connectivity index (χ1n) is 5.74. The predicted octanol–water partition coefficient (Wildman–Crippen LogP) is 2.52. The Morgan fingerprint density at radius 2 is 1.81 bits per heavy atom. The fourth-order valence-corrected chi connectivity index (χ4v) is 2.62. The first-order valence-corrected chi connectivity index (χ1v) is 7.18. The number of rotatable bonds is 4. The van der Waals surface area contributed by atoms with Gasteiger partial charge >= 0.3 is 0 Å². The molecule has 0 aliphatic rings. The average Bonchev–Trinajstić information content (AvgIpc) is 2.45. The van der Waals surface area contributed by atoms with Gasteiger partial charge < -0.3 is 4.74 Å². The Morgan fingerprint density at radius 1 is 1.14 bits per heavy atom. The van der Waals surface area contributed by atoms with E-state index in [0.717, 1.165) is 18.2 Å². The molecule has 21 heavy (non-hydrogen) atoms. The highest BCUT2D eigenvalue weighted by Gasteiger charge is 2.22. The van der Waals surface area contributed by atoms with Crippen LogP contribution < -0.4 is 4.74 Å². The molecule has 0 amide bonds. The summed E-state index contributed by atoms with van der Waals surface area (Å²) in [5, 5.41) is 10.9. The van der Waals surface area contributed by atoms with Gasteiger partial charge in [-0.2, -0.15) is 8.42 Å². The lowest BCUT2D eigenvalue weighted by Gasteiger charge is -2.11. The summed E-state index contributed by atoms with van der Waals surface area (Å²) in [6.45, 7) is 0. The highest BCUT2D eigenvalue weighted by atomic mass is 32.2. The Hall–Kier alpha value is -2.45. The number of para-hydroxylation sites is 1. The van der Waals surface area contributed by atoms with Crippen molar-refractivity contribution in [1.82, 2.24) is 0 Å². The summed E-state index contributed by atoms with van der Waals surface area (Å²) in [6.07, 6.45) is 0. The van der Waals surface area contributed by atoms with Crippen molar-refractivity contribution in [3.8, 4) is 16.9 Å². The maximum Gasteiger partial charge on any atom is 0.295 e. The molecule has 8 heteroatoms. The van der Waals surface area contributed by atoms with Gasteiger partial charge in [0.15, 0.2) is 0 Å². The Bertz CT molecular complexity index is 800. The predicted molar refractivity (Wildman–Crippen MR) is 74.9 cm³/mol. The smallest absolute Gasteiger partial charge is 0.295 e. The van der Waals surface area contributed by atoms with Crippen LogP contribution in [0.5, 0.6) is 5.75 Å². The van der Waals surface area contributed by atoms with Crippen LogP contribution in [0.4, 0.5) is 5.69 Å². The van der Waals surface area contributed by atoms with E-state index >= 15 is 0 Å². The Kier molecular flexibility index (Phi) is 3.92. The first-order chi connectivity index (χ1) is 9.84. The van der Waals surface area contributed by atoms with E-state index in [-0.39, 0.29) is 11.3 Å². The Labute approximate surface area is 120 Å². The lowest BCUT2D eigenvalue weighted by molar-refractivity contribution is -0.384. The van der Waals surface area contributed by atoms with E-state index in [1.807, 2.05) is 0 Å². The molecule has 2 rings (SSSR count). The average molecular weight is 309 g/mol. The lowest BCUT2D eigenvalue weighted by Crippen LogP contribution is -2.02. The van der Waals surface area contributed by atoms with E-state index in [4.69, 9.17) is 4.74 Å². The molecule has 0 aliphatic heterocycles. The fourth-order valence-electron chi connectivity index (χ4n) is 1.93. The van der Waals surface area contributed by atoms with Gasteiger partial charge in [0, 0.05) is 23.3 Å². The van der Waals surface area contributed by atoms with E-state index in [9.17, 15) is 23.1 Å². The zero-order valence-corrected chi connectivity index (χ0v) is 11.7. The standard InChI is InChI=1S/C13H11NO6S/c1-20-12-5-3-2-4-10(12)11-8-9(14(15)16)6-7-13(11)21(17,18)19/h2-8H,1H3,(H,17,18,19). The molecule has 0 radical (unpaired) electrons. The fraction of sp³-hybridized carbons (Fsp3) is 0.0769. The zero-order valence-electron chi connectivity index (χ0n) is 10.9. The second-order valence-electron chi connectivity index (χ2n) is 4.11. The van der Waals surface area contributed by atoms with Gasteiger partial charge in [0.25, 0.3) is 15.8 Å². The molecule has 0 heterocycles. The minimum Gasteiger partial charge on any atom is -0.496 e. The van der Waals surface area contributed by atoms with E-state index in [1.54, 1.807) is 24.3 Å². The van der Waals surface area contributed by atoms with Crippen molar-refractivity contribution in [3.63, 3.8) is 0 Å². The third kappa shape index (κ3) is 3.01. The molecule has 7 nitrogen and oxygen atoms in total. The van der Waals surface area contributed by atoms with Crippen LogP contribution in [0.25, 0.3) is 11.1 Å². The van der Waals surface area contributed by atoms with E-state index < -0.39 is 19.9 Å². The third-order valence-corrected chi connectivity index (χ3v) is 3.76. The number of nitro groups is 1. The largest absolute Gasteiger partial charge is 0.496 e. The minimum absolute atomic E-state index is 0.00384. The van der Waals surface area contributed by atoms with Crippen molar-refractivity contribution in [3.05, 3.63) is 52.6 Å². The van der Waals surface area contributed by atoms with E-state index in [2.05, 4.69) is 0 Å². The highest BCUT2D eigenvalue weighted by Crippen LogP contribution is 2.36. The van der Waals surface area contributed by atoms with Crippen LogP contribution in [0.15, 0.2) is 47.4 Å². The number of nitrogens with zero attached hydrogens (tertiary/aromatic N) is 1. The van der Waals surface area contributed by atoms with Gasteiger partial charge in [-0.25, -0.2) is 0 Å². The SMILES string of the molecule is COc1ccccc1-c1cc([N+](=O)[O-])ccc1S(=O)(=O)O. The quantitative estimate of drug-likeness (QED) is 0.528. The summed E-state index contributed by atoms with van der Waals surface area (Å²) < 4.78 is 37.3. The summed E-state index contributed by atoms with van der Waals surface area (Å²) in [7, 11) is -3.14. The molecule has 0 unspecified atom stereocenters. The molecule has 2 aromatic rings. The number of hydrogen-bond donors (Lipinski definition) is 1. The van der Waals surface area contributed by atoms with Gasteiger partial charge in [-0.05, 0) is 12.1 Å². The van der Waals surface area contributed by atoms with Crippen LogP contribution in [0, 0.1) is 10.1 Å². The topological polar surface area (TPSA) is 107 Å². The molecular formula is C13H11NO6S. The summed E-state index contributed by atoms with van der Waals surface area (Å²) in [4.78, 5) is 9.80. The molecule has 0 bridgehead atoms. The second-order valence-corrected chi connectivity index (χ2v) is 5.50. The van der Waals surface area contributed by atoms with Crippen molar-refractivity contribution in [2.75, 3.05) is 7.11 Å². The maximum absolute atomic E-state index is 11.5. The molecule has 0 aliphatic carbocycles. The van der Waals surface area contributed by atoms with Crippen molar-refractivity contribution in [2.45, 2.75) is 4.90 Å². The first kappa shape index (κ1) is 14.9. The number of benzene rings is 2. The van der Waals surface area contributed by atoms with E-state index in [0.29, 0.717) is 11.3 Å². The summed E-state index contributed by atoms with van der Waals surface area (Å²) in [6, 6.07) is 9.53. The molecule has 0 spiro atoms. The number of methoxy groups -OCH3 is 1. The Morgan fingerprint density at radius 3 is 2.38 bits per heavy atom. The molecule has 0 atom stereocenters. The monoisotopic (exact) mass is 309 g/mol. The Balaban J connectivity index is 2.81. The molecule has 0 saturated carbocycles. The minimum atomic E-state index is -4.53. The van der Waals surface area contributed by atoms with Crippen LogP contribution in [-0.2, 0) is 10.1 Å². The maximum atomic E-state index is 11.5. The van der Waals surface area contributed by atoms with Gasteiger partial charge in [-0.15, -0.1) is 0 Å². The molecular weight excluding hydrogens is 298 g/mol. The summed E-state index contributed by atoms with van der Waals surface area (Å²) >= 11 is 0. The van der Waals surface area contributed by atoms with Gasteiger partial charge in [0.1, 0.15) is 10.6 Å². The lowest BCUT2D eigenvalue weighted by atomic mass is 10.0. The van der Waals surface area contributed by atoms with Crippen LogP contribution in [-0.4, -0.2) is 25.0 Å². The number of hydrogen-bond acceptors (Lipinski definition) is 5. The molecule has 0 saturated heterocycles. The van der Waals surface area contributed by atoms with Crippen LogP contribution in [0.3, 0.4) is 0 Å². The third-order valence-electron chi connectivity index (χ3n) is 2.85. The van der Waals surface area contributed by atoms with Crippen molar-refractivity contribution >= 4 is 15.8 Å². The van der Waals surface area contributed by atoms with Crippen molar-refractivity contribution in [1.29, 1.82) is 0 Å². The van der Waals surface area contributed by atoms with Gasteiger partial charge in [0.05, 0.1) is 12.0 Å². The highest BCUT2D eigenvalue weighted by molar-refractivity contribution is 7.86. The summed E-state index contributed by atoms with van der Waals surface area (Å²) in [5.74, 6) is 0.336. The number of non-ortho nitro benzene ring substituents is 1. The molecule has 2 aromatic carbocycles. The van der Waals surface area contributed by atoms with E-state index in [1.165, 1.54) is 7.11 Å². The second kappa shape index (κ2) is 5.51. The van der Waals surface area contributed by atoms with Crippen molar-refractivity contribution in [2.24, 2.45) is 0 Å². The molecule has 110 valence electrons. The van der Waals surface area contributed by atoms with Crippen molar-refractivity contribution < 1.29 is 22.6 Å². The van der Waals surface area contributed by atoms with Gasteiger partial charge in [-0.3, -0.25) is 14.7 Å². The van der Waals surface area contributed by atoms with Crippen LogP contribution >= 0.6 is 0 Å². The summed E-state index contributed by atoms with van der Waals surface area (Å²) in [5.41, 5.74) is 0.0452. The van der Waals surface area contributed by atoms with Gasteiger partial charge in [-0.1, -0.05) is 18.2 Å². The normalized spacial score (nSPS) is 11.1. The number of ether oxygens (including phenoxy) is 1. The zero-order chi connectivity index (χ0) is 15.6. The molecule has 0 aromatic heterocycles. The molecule has 1 N–H and O–H groups in total. The van der Waals surface area contributed by atoms with Gasteiger partial charge in [0.2, 0.25) is 0 Å².